The van der Waals surface area contributed by atoms with E-state index in [0.717, 1.165) is 15.8 Å². The van der Waals surface area contributed by atoms with Gasteiger partial charge in [0.15, 0.2) is 0 Å². The lowest BCUT2D eigenvalue weighted by molar-refractivity contribution is 0.752. The van der Waals surface area contributed by atoms with Crippen molar-refractivity contribution in [1.29, 1.82) is 0 Å². The van der Waals surface area contributed by atoms with Gasteiger partial charge >= 0.3 is 5.69 Å². The third kappa shape index (κ3) is 1.77. The molecule has 3 rings (SSSR count). The van der Waals surface area contributed by atoms with Gasteiger partial charge in [0.25, 0.3) is 5.56 Å². The molecule has 4 heteroatoms. The van der Waals surface area contributed by atoms with Crippen molar-refractivity contribution in [2.24, 2.45) is 7.05 Å². The van der Waals surface area contributed by atoms with E-state index in [9.17, 15) is 9.59 Å². The Bertz CT molecular complexity index is 902. The van der Waals surface area contributed by atoms with Gasteiger partial charge in [0, 0.05) is 7.05 Å². The first kappa shape index (κ1) is 12.4. The molecule has 4 nitrogen and oxygen atoms in total. The van der Waals surface area contributed by atoms with Crippen molar-refractivity contribution >= 4 is 10.9 Å². The van der Waals surface area contributed by atoms with E-state index in [1.165, 1.54) is 7.05 Å². The predicted molar refractivity (Wildman–Crippen MR) is 79.5 cm³/mol. The summed E-state index contributed by atoms with van der Waals surface area (Å²) >= 11 is 0. The van der Waals surface area contributed by atoms with Gasteiger partial charge < -0.3 is 0 Å². The second kappa shape index (κ2) is 4.49. The first-order valence-electron chi connectivity index (χ1n) is 6.37. The van der Waals surface area contributed by atoms with Gasteiger partial charge in [-0.1, -0.05) is 29.8 Å². The van der Waals surface area contributed by atoms with Crippen molar-refractivity contribution in [2.45, 2.75) is 6.92 Å². The SMILES string of the molecule is Cc1ccc(-n2c(=O)n(C)c(=O)c3ccccc32)cc1. The number of para-hydroxylation sites is 1. The quantitative estimate of drug-likeness (QED) is 0.676. The molecule has 2 aromatic carbocycles. The van der Waals surface area contributed by atoms with E-state index in [1.54, 1.807) is 22.8 Å². The minimum Gasteiger partial charge on any atom is -0.268 e. The molecule has 0 fully saturated rings. The normalized spacial score (nSPS) is 10.9. The van der Waals surface area contributed by atoms with Gasteiger partial charge in [0.05, 0.1) is 16.6 Å². The van der Waals surface area contributed by atoms with E-state index < -0.39 is 0 Å². The Balaban J connectivity index is 2.50. The smallest absolute Gasteiger partial charge is 0.268 e. The molecule has 1 heterocycles. The van der Waals surface area contributed by atoms with Crippen LogP contribution in [0.2, 0.25) is 0 Å². The maximum absolute atomic E-state index is 12.4. The summed E-state index contributed by atoms with van der Waals surface area (Å²) in [6.07, 6.45) is 0. The number of rotatable bonds is 1. The highest BCUT2D eigenvalue weighted by Crippen LogP contribution is 2.14. The Morgan fingerprint density at radius 1 is 0.900 bits per heavy atom. The molecule has 100 valence electrons. The minimum absolute atomic E-state index is 0.269. The molecule has 0 spiro atoms. The summed E-state index contributed by atoms with van der Waals surface area (Å²) in [4.78, 5) is 24.6. The number of hydrogen-bond acceptors (Lipinski definition) is 2. The zero-order chi connectivity index (χ0) is 14.3. The topological polar surface area (TPSA) is 44.0 Å². The summed E-state index contributed by atoms with van der Waals surface area (Å²) < 4.78 is 2.71. The van der Waals surface area contributed by atoms with Crippen LogP contribution in [0.1, 0.15) is 5.56 Å². The van der Waals surface area contributed by atoms with Gasteiger partial charge in [-0.3, -0.25) is 13.9 Å². The molecule has 0 aliphatic heterocycles. The lowest BCUT2D eigenvalue weighted by Gasteiger charge is -2.12. The fourth-order valence-corrected chi connectivity index (χ4v) is 2.31. The molecule has 0 aliphatic rings. The predicted octanol–water partition coefficient (Wildman–Crippen LogP) is 2.00. The maximum Gasteiger partial charge on any atom is 0.335 e. The van der Waals surface area contributed by atoms with E-state index >= 15 is 0 Å². The molecule has 0 radical (unpaired) electrons. The number of fused-ring (bicyclic) bond motifs is 1. The monoisotopic (exact) mass is 266 g/mol. The highest BCUT2D eigenvalue weighted by Gasteiger charge is 2.11. The molecule has 0 N–H and O–H groups in total. The molecule has 0 unspecified atom stereocenters. The minimum atomic E-state index is -0.336. The first-order chi connectivity index (χ1) is 9.59. The summed E-state index contributed by atoms with van der Waals surface area (Å²) in [6.45, 7) is 1.99. The second-order valence-corrected chi connectivity index (χ2v) is 4.83. The second-order valence-electron chi connectivity index (χ2n) is 4.83. The Morgan fingerprint density at radius 2 is 1.55 bits per heavy atom. The first-order valence-corrected chi connectivity index (χ1v) is 6.37. The van der Waals surface area contributed by atoms with Gasteiger partial charge in [-0.2, -0.15) is 0 Å². The van der Waals surface area contributed by atoms with Crippen LogP contribution in [0, 0.1) is 6.92 Å². The molecular weight excluding hydrogens is 252 g/mol. The van der Waals surface area contributed by atoms with Crippen molar-refractivity contribution in [1.82, 2.24) is 9.13 Å². The van der Waals surface area contributed by atoms with Crippen molar-refractivity contribution in [2.75, 3.05) is 0 Å². The van der Waals surface area contributed by atoms with Gasteiger partial charge in [0.1, 0.15) is 0 Å². The Morgan fingerprint density at radius 3 is 2.25 bits per heavy atom. The van der Waals surface area contributed by atoms with Crippen molar-refractivity contribution < 1.29 is 0 Å². The molecule has 3 aromatic rings. The van der Waals surface area contributed by atoms with Crippen LogP contribution >= 0.6 is 0 Å². The van der Waals surface area contributed by atoms with Crippen LogP contribution in [-0.2, 0) is 7.05 Å². The van der Waals surface area contributed by atoms with Crippen LogP contribution < -0.4 is 11.2 Å². The molecular formula is C16H14N2O2. The van der Waals surface area contributed by atoms with E-state index in [0.29, 0.717) is 10.9 Å². The van der Waals surface area contributed by atoms with Crippen LogP contribution in [-0.4, -0.2) is 9.13 Å². The van der Waals surface area contributed by atoms with Crippen molar-refractivity contribution in [3.8, 4) is 5.69 Å². The molecule has 0 saturated heterocycles. The van der Waals surface area contributed by atoms with Gasteiger partial charge in [-0.15, -0.1) is 0 Å². The van der Waals surface area contributed by atoms with Gasteiger partial charge in [-0.05, 0) is 31.2 Å². The molecule has 0 bridgehead atoms. The average molecular weight is 266 g/mol. The molecule has 0 aliphatic carbocycles. The fraction of sp³-hybridized carbons (Fsp3) is 0.125. The molecule has 0 saturated carbocycles. The lowest BCUT2D eigenvalue weighted by atomic mass is 10.2. The molecule has 1 aromatic heterocycles. The number of benzene rings is 2. The van der Waals surface area contributed by atoms with E-state index in [2.05, 4.69) is 0 Å². The van der Waals surface area contributed by atoms with Crippen LogP contribution in [0.3, 0.4) is 0 Å². The van der Waals surface area contributed by atoms with Gasteiger partial charge in [0.2, 0.25) is 0 Å². The van der Waals surface area contributed by atoms with Crippen LogP contribution in [0.15, 0.2) is 58.1 Å². The molecule has 0 atom stereocenters. The zero-order valence-corrected chi connectivity index (χ0v) is 11.3. The number of hydrogen-bond donors (Lipinski definition) is 0. The van der Waals surface area contributed by atoms with E-state index in [1.807, 2.05) is 37.3 Å². The van der Waals surface area contributed by atoms with E-state index in [4.69, 9.17) is 0 Å². The third-order valence-electron chi connectivity index (χ3n) is 3.45. The fourth-order valence-electron chi connectivity index (χ4n) is 2.31. The van der Waals surface area contributed by atoms with E-state index in [-0.39, 0.29) is 11.2 Å². The number of nitrogens with zero attached hydrogens (tertiary/aromatic N) is 2. The summed E-state index contributed by atoms with van der Waals surface area (Å²) in [5.41, 5.74) is 1.90. The Labute approximate surface area is 115 Å². The summed E-state index contributed by atoms with van der Waals surface area (Å²) in [7, 11) is 1.50. The lowest BCUT2D eigenvalue weighted by Crippen LogP contribution is -2.37. The highest BCUT2D eigenvalue weighted by atomic mass is 16.2. The molecule has 20 heavy (non-hydrogen) atoms. The van der Waals surface area contributed by atoms with Crippen LogP contribution in [0.25, 0.3) is 16.6 Å². The Hall–Kier alpha value is -2.62. The van der Waals surface area contributed by atoms with Crippen molar-refractivity contribution in [3.63, 3.8) is 0 Å². The summed E-state index contributed by atoms with van der Waals surface area (Å²) in [5.74, 6) is 0. The standard InChI is InChI=1S/C16H14N2O2/c1-11-7-9-12(10-8-11)18-14-6-4-3-5-13(14)15(19)17(2)16(18)20/h3-10H,1-2H3. The Kier molecular flexibility index (Phi) is 2.79. The van der Waals surface area contributed by atoms with Gasteiger partial charge in [-0.25, -0.2) is 4.79 Å². The molecule has 0 amide bonds. The summed E-state index contributed by atoms with van der Waals surface area (Å²) in [5, 5.41) is 0.537. The maximum atomic E-state index is 12.4. The largest absolute Gasteiger partial charge is 0.335 e. The average Bonchev–Trinajstić information content (AvgIpc) is 2.47. The third-order valence-corrected chi connectivity index (χ3v) is 3.45. The van der Waals surface area contributed by atoms with Crippen molar-refractivity contribution in [3.05, 3.63) is 74.9 Å². The number of aromatic nitrogens is 2. The highest BCUT2D eigenvalue weighted by molar-refractivity contribution is 5.79. The zero-order valence-electron chi connectivity index (χ0n) is 11.3. The number of aryl methyl sites for hydroxylation is 1. The summed E-state index contributed by atoms with van der Waals surface area (Å²) in [6, 6.07) is 14.8. The van der Waals surface area contributed by atoms with Crippen LogP contribution in [0.5, 0.6) is 0 Å². The van der Waals surface area contributed by atoms with Crippen LogP contribution in [0.4, 0.5) is 0 Å².